The van der Waals surface area contributed by atoms with E-state index in [2.05, 4.69) is 52.0 Å². The SMILES string of the molecule is CC(C)Oc1ccc(C(C)(C)C(N)=O)cc1CN[C@H]1CCCN[C@H]1c1ccccc1.Cc1nc(C)c(S(=O)(=O)O)s1. The lowest BCUT2D eigenvalue weighted by atomic mass is 9.83. The van der Waals surface area contributed by atoms with Gasteiger partial charge in [0.25, 0.3) is 0 Å². The molecule has 1 amide bonds. The Balaban J connectivity index is 0.000000352. The zero-order valence-corrected chi connectivity index (χ0v) is 26.2. The highest BCUT2D eigenvalue weighted by molar-refractivity contribution is 7.88. The molecule has 1 aliphatic heterocycles. The molecule has 11 heteroatoms. The van der Waals surface area contributed by atoms with Gasteiger partial charge in [0, 0.05) is 24.2 Å². The number of piperidine rings is 1. The molecule has 0 spiro atoms. The molecule has 9 nitrogen and oxygen atoms in total. The number of aryl methyl sites for hydroxylation is 2. The fourth-order valence-electron chi connectivity index (χ4n) is 4.73. The van der Waals surface area contributed by atoms with Crippen molar-refractivity contribution in [2.24, 2.45) is 5.73 Å². The number of ether oxygens (including phenoxy) is 1. The molecule has 0 unspecified atom stereocenters. The van der Waals surface area contributed by atoms with Crippen molar-refractivity contribution in [2.45, 2.75) is 88.7 Å². The van der Waals surface area contributed by atoms with Gasteiger partial charge >= 0.3 is 10.1 Å². The van der Waals surface area contributed by atoms with Gasteiger partial charge in [-0.2, -0.15) is 8.42 Å². The van der Waals surface area contributed by atoms with Gasteiger partial charge in [-0.1, -0.05) is 36.4 Å². The van der Waals surface area contributed by atoms with Crippen LogP contribution < -0.4 is 21.1 Å². The molecular weight excluding hydrogens is 560 g/mol. The van der Waals surface area contributed by atoms with Crippen LogP contribution in [0.15, 0.2) is 52.7 Å². The van der Waals surface area contributed by atoms with Gasteiger partial charge < -0.3 is 21.1 Å². The van der Waals surface area contributed by atoms with E-state index in [-0.39, 0.29) is 22.3 Å². The number of hydrogen-bond donors (Lipinski definition) is 4. The van der Waals surface area contributed by atoms with Crippen molar-refractivity contribution in [3.8, 4) is 5.75 Å². The molecule has 1 fully saturated rings. The first-order valence-corrected chi connectivity index (χ1v) is 16.0. The number of nitrogens with zero attached hydrogens (tertiary/aromatic N) is 1. The maximum atomic E-state index is 12.0. The average Bonchev–Trinajstić information content (AvgIpc) is 3.27. The summed E-state index contributed by atoms with van der Waals surface area (Å²) in [6.07, 6.45) is 2.33. The summed E-state index contributed by atoms with van der Waals surface area (Å²) < 4.78 is 35.8. The van der Waals surface area contributed by atoms with E-state index in [1.165, 1.54) is 5.56 Å². The van der Waals surface area contributed by atoms with Crippen molar-refractivity contribution in [1.82, 2.24) is 15.6 Å². The van der Waals surface area contributed by atoms with E-state index in [0.29, 0.717) is 23.3 Å². The summed E-state index contributed by atoms with van der Waals surface area (Å²) in [5.41, 5.74) is 8.53. The normalized spacial score (nSPS) is 17.6. The first kappa shape index (κ1) is 32.7. The first-order valence-electron chi connectivity index (χ1n) is 13.7. The lowest BCUT2D eigenvalue weighted by molar-refractivity contribution is -0.122. The number of benzene rings is 2. The number of rotatable bonds is 9. The maximum Gasteiger partial charge on any atom is 0.305 e. The molecule has 1 saturated heterocycles. The van der Waals surface area contributed by atoms with Gasteiger partial charge in [-0.25, -0.2) is 4.98 Å². The van der Waals surface area contributed by atoms with Crippen LogP contribution in [-0.4, -0.2) is 42.6 Å². The van der Waals surface area contributed by atoms with E-state index < -0.39 is 15.5 Å². The highest BCUT2D eigenvalue weighted by Gasteiger charge is 2.29. The summed E-state index contributed by atoms with van der Waals surface area (Å²) >= 11 is 0.972. The standard InChI is InChI=1S/C25H35N3O2.C5H7NO3S2/c1-17(2)30-22-13-12-20(25(3,4)24(26)29)15-19(22)16-28-21-11-8-14-27-23(21)18-9-6-5-7-10-18;1-3-5(11(7,8)9)10-4(2)6-3/h5-7,9-10,12-13,15,17,21,23,27-28H,8,11,14,16H2,1-4H3,(H2,26,29);1-2H3,(H,7,8,9)/t21-,23-;/m0./s1. The van der Waals surface area contributed by atoms with Crippen LogP contribution in [0, 0.1) is 13.8 Å². The van der Waals surface area contributed by atoms with Crippen LogP contribution in [0.4, 0.5) is 0 Å². The molecule has 0 radical (unpaired) electrons. The van der Waals surface area contributed by atoms with Gasteiger partial charge in [0.05, 0.1) is 22.2 Å². The van der Waals surface area contributed by atoms with Gasteiger partial charge in [-0.05, 0) is 84.2 Å². The van der Waals surface area contributed by atoms with E-state index in [4.69, 9.17) is 15.0 Å². The van der Waals surface area contributed by atoms with Gasteiger partial charge in [0.15, 0.2) is 4.21 Å². The number of thiazole rings is 1. The Morgan fingerprint density at radius 1 is 1.22 bits per heavy atom. The summed E-state index contributed by atoms with van der Waals surface area (Å²) in [4.78, 5) is 15.8. The number of hydrogen-bond acceptors (Lipinski definition) is 8. The number of primary amides is 1. The van der Waals surface area contributed by atoms with Crippen molar-refractivity contribution in [2.75, 3.05) is 6.54 Å². The number of nitrogens with one attached hydrogen (secondary N) is 2. The van der Waals surface area contributed by atoms with Gasteiger partial charge in [-0.3, -0.25) is 9.35 Å². The molecular formula is C30H42N4O5S2. The van der Waals surface area contributed by atoms with E-state index in [9.17, 15) is 13.2 Å². The van der Waals surface area contributed by atoms with Gasteiger partial charge in [0.2, 0.25) is 5.91 Å². The molecule has 2 heterocycles. The Bertz CT molecular complexity index is 1420. The van der Waals surface area contributed by atoms with Crippen molar-refractivity contribution in [1.29, 1.82) is 0 Å². The topological polar surface area (TPSA) is 144 Å². The Morgan fingerprint density at radius 2 is 1.90 bits per heavy atom. The first-order chi connectivity index (χ1) is 19.2. The van der Waals surface area contributed by atoms with Crippen molar-refractivity contribution in [3.63, 3.8) is 0 Å². The predicted octanol–water partition coefficient (Wildman–Crippen LogP) is 4.83. The minimum absolute atomic E-state index is 0.0602. The molecule has 224 valence electrons. The molecule has 3 aromatic rings. The van der Waals surface area contributed by atoms with Crippen LogP contribution in [0.3, 0.4) is 0 Å². The van der Waals surface area contributed by atoms with E-state index in [1.54, 1.807) is 13.8 Å². The van der Waals surface area contributed by atoms with Gasteiger partial charge in [-0.15, -0.1) is 11.3 Å². The lowest BCUT2D eigenvalue weighted by Gasteiger charge is -2.34. The van der Waals surface area contributed by atoms with Crippen LogP contribution in [0.1, 0.15) is 74.0 Å². The smallest absolute Gasteiger partial charge is 0.305 e. The second kappa shape index (κ2) is 13.9. The average molecular weight is 603 g/mol. The molecule has 2 atom stereocenters. The van der Waals surface area contributed by atoms with Crippen LogP contribution >= 0.6 is 11.3 Å². The Labute approximate surface area is 247 Å². The summed E-state index contributed by atoms with van der Waals surface area (Å²) in [7, 11) is -4.06. The quantitative estimate of drug-likeness (QED) is 0.255. The number of carbonyl (C=O) groups is 1. The third kappa shape index (κ3) is 8.83. The number of amides is 1. The molecule has 1 aromatic heterocycles. The van der Waals surface area contributed by atoms with Crippen LogP contribution in [0.2, 0.25) is 0 Å². The Kier molecular flexibility index (Phi) is 11.1. The minimum Gasteiger partial charge on any atom is -0.491 e. The maximum absolute atomic E-state index is 12.0. The number of nitrogens with two attached hydrogens (primary N) is 1. The molecule has 4 rings (SSSR count). The van der Waals surface area contributed by atoms with E-state index in [1.807, 2.05) is 39.8 Å². The lowest BCUT2D eigenvalue weighted by Crippen LogP contribution is -2.45. The number of carbonyl (C=O) groups excluding carboxylic acids is 1. The monoisotopic (exact) mass is 602 g/mol. The Morgan fingerprint density at radius 3 is 2.44 bits per heavy atom. The van der Waals surface area contributed by atoms with Crippen LogP contribution in [0.25, 0.3) is 0 Å². The summed E-state index contributed by atoms with van der Waals surface area (Å²) in [5, 5.41) is 8.05. The molecule has 0 saturated carbocycles. The third-order valence-corrected chi connectivity index (χ3v) is 9.54. The number of aromatic nitrogens is 1. The molecule has 0 bridgehead atoms. The van der Waals surface area contributed by atoms with Crippen molar-refractivity contribution >= 4 is 27.4 Å². The van der Waals surface area contributed by atoms with Crippen molar-refractivity contribution in [3.05, 3.63) is 75.9 Å². The fraction of sp³-hybridized carbons (Fsp3) is 0.467. The van der Waals surface area contributed by atoms with Crippen LogP contribution in [0.5, 0.6) is 5.75 Å². The second-order valence-corrected chi connectivity index (χ2v) is 13.9. The minimum atomic E-state index is -4.06. The molecule has 41 heavy (non-hydrogen) atoms. The molecule has 2 aromatic carbocycles. The highest BCUT2D eigenvalue weighted by atomic mass is 32.3. The second-order valence-electron chi connectivity index (χ2n) is 11.0. The summed E-state index contributed by atoms with van der Waals surface area (Å²) in [6.45, 7) is 12.7. The largest absolute Gasteiger partial charge is 0.491 e. The Hall–Kier alpha value is -2.83. The molecule has 5 N–H and O–H groups in total. The third-order valence-electron chi connectivity index (χ3n) is 7.03. The van der Waals surface area contributed by atoms with Crippen molar-refractivity contribution < 1.29 is 22.5 Å². The summed E-state index contributed by atoms with van der Waals surface area (Å²) in [5.74, 6) is 0.515. The molecule has 1 aliphatic rings. The van der Waals surface area contributed by atoms with Crippen LogP contribution in [-0.2, 0) is 26.9 Å². The zero-order valence-electron chi connectivity index (χ0n) is 24.6. The highest BCUT2D eigenvalue weighted by Crippen LogP contribution is 2.30. The molecule has 0 aliphatic carbocycles. The van der Waals surface area contributed by atoms with Gasteiger partial charge in [0.1, 0.15) is 5.75 Å². The zero-order chi connectivity index (χ0) is 30.4. The fourth-order valence-corrected chi connectivity index (χ4v) is 6.58. The summed E-state index contributed by atoms with van der Waals surface area (Å²) in [6, 6.07) is 17.2. The van der Waals surface area contributed by atoms with E-state index >= 15 is 0 Å². The van der Waals surface area contributed by atoms with E-state index in [0.717, 1.165) is 47.6 Å². The predicted molar refractivity (Wildman–Crippen MR) is 163 cm³/mol.